The predicted octanol–water partition coefficient (Wildman–Crippen LogP) is 4.61. The molecule has 0 aliphatic carbocycles. The fraction of sp³-hybridized carbons (Fsp3) is 0.500. The molecule has 1 aromatic carbocycles. The molecule has 0 bridgehead atoms. The van der Waals surface area contributed by atoms with Crippen LogP contribution >= 0.6 is 23.2 Å². The highest BCUT2D eigenvalue weighted by Crippen LogP contribution is 2.26. The molecule has 100 valence electrons. The van der Waals surface area contributed by atoms with E-state index in [1.807, 2.05) is 33.8 Å². The summed E-state index contributed by atoms with van der Waals surface area (Å²) in [5.74, 6) is 0.0287. The van der Waals surface area contributed by atoms with Crippen molar-refractivity contribution in [3.8, 4) is 0 Å². The van der Waals surface area contributed by atoms with Crippen molar-refractivity contribution in [2.24, 2.45) is 5.41 Å². The summed E-state index contributed by atoms with van der Waals surface area (Å²) in [6.45, 7) is 8.02. The third kappa shape index (κ3) is 4.87. The second-order valence-electron chi connectivity index (χ2n) is 5.69. The number of benzene rings is 1. The smallest absolute Gasteiger partial charge is 0.220 e. The normalized spacial score (nSPS) is 13.2. The third-order valence-corrected chi connectivity index (χ3v) is 3.06. The molecule has 18 heavy (non-hydrogen) atoms. The lowest BCUT2D eigenvalue weighted by molar-refractivity contribution is -0.123. The average Bonchev–Trinajstić information content (AvgIpc) is 2.13. The molecule has 1 aromatic rings. The van der Waals surface area contributed by atoms with E-state index in [0.29, 0.717) is 16.5 Å². The highest BCUT2D eigenvalue weighted by Gasteiger charge is 2.18. The van der Waals surface area contributed by atoms with Gasteiger partial charge in [0.1, 0.15) is 0 Å². The van der Waals surface area contributed by atoms with Crippen LogP contribution in [0.3, 0.4) is 0 Å². The topological polar surface area (TPSA) is 29.1 Å². The molecular formula is C14H19Cl2NO. The van der Waals surface area contributed by atoms with Gasteiger partial charge in [0.2, 0.25) is 5.91 Å². The van der Waals surface area contributed by atoms with Gasteiger partial charge >= 0.3 is 0 Å². The Hall–Kier alpha value is -0.730. The highest BCUT2D eigenvalue weighted by atomic mass is 35.5. The Balaban J connectivity index is 2.71. The van der Waals surface area contributed by atoms with Crippen molar-refractivity contribution in [3.63, 3.8) is 0 Å². The summed E-state index contributed by atoms with van der Waals surface area (Å²) in [5, 5.41) is 4.12. The van der Waals surface area contributed by atoms with Gasteiger partial charge in [0, 0.05) is 16.5 Å². The van der Waals surface area contributed by atoms with Crippen molar-refractivity contribution in [3.05, 3.63) is 33.8 Å². The standard InChI is InChI=1S/C14H19Cl2NO/c1-9(17-13(18)8-14(2,3)4)11-6-5-10(15)7-12(11)16/h5-7,9H,8H2,1-4H3,(H,17,18). The van der Waals surface area contributed by atoms with Gasteiger partial charge in [-0.1, -0.05) is 50.0 Å². The maximum Gasteiger partial charge on any atom is 0.220 e. The summed E-state index contributed by atoms with van der Waals surface area (Å²) < 4.78 is 0. The number of hydrogen-bond donors (Lipinski definition) is 1. The van der Waals surface area contributed by atoms with Crippen LogP contribution in [0.25, 0.3) is 0 Å². The van der Waals surface area contributed by atoms with Crippen LogP contribution in [0.2, 0.25) is 10.0 Å². The lowest BCUT2D eigenvalue weighted by Gasteiger charge is -2.21. The summed E-state index contributed by atoms with van der Waals surface area (Å²) in [6.07, 6.45) is 0.489. The molecule has 0 aliphatic rings. The van der Waals surface area contributed by atoms with Crippen molar-refractivity contribution in [1.82, 2.24) is 5.32 Å². The second-order valence-corrected chi connectivity index (χ2v) is 6.54. The van der Waals surface area contributed by atoms with Crippen LogP contribution < -0.4 is 5.32 Å². The Kier molecular flexibility index (Phi) is 5.06. The molecule has 0 spiro atoms. The summed E-state index contributed by atoms with van der Waals surface area (Å²) in [7, 11) is 0. The number of rotatable bonds is 3. The quantitative estimate of drug-likeness (QED) is 0.864. The van der Waals surface area contributed by atoms with E-state index in [0.717, 1.165) is 5.56 Å². The van der Waals surface area contributed by atoms with E-state index in [1.165, 1.54) is 0 Å². The van der Waals surface area contributed by atoms with Crippen LogP contribution in [0.1, 0.15) is 45.7 Å². The number of halogens is 2. The molecule has 1 unspecified atom stereocenters. The zero-order valence-electron chi connectivity index (χ0n) is 11.2. The Morgan fingerprint density at radius 1 is 1.33 bits per heavy atom. The van der Waals surface area contributed by atoms with Crippen LogP contribution in [0.5, 0.6) is 0 Å². The Morgan fingerprint density at radius 2 is 1.94 bits per heavy atom. The Morgan fingerprint density at radius 3 is 2.44 bits per heavy atom. The monoisotopic (exact) mass is 287 g/mol. The van der Waals surface area contributed by atoms with Crippen molar-refractivity contribution >= 4 is 29.1 Å². The summed E-state index contributed by atoms with van der Waals surface area (Å²) in [4.78, 5) is 11.8. The molecule has 1 rings (SSSR count). The molecule has 0 aromatic heterocycles. The zero-order valence-corrected chi connectivity index (χ0v) is 12.7. The van der Waals surface area contributed by atoms with Crippen molar-refractivity contribution in [2.45, 2.75) is 40.2 Å². The Bertz CT molecular complexity index is 438. The number of hydrogen-bond acceptors (Lipinski definition) is 1. The lowest BCUT2D eigenvalue weighted by Crippen LogP contribution is -2.30. The van der Waals surface area contributed by atoms with Gasteiger partial charge in [-0.2, -0.15) is 0 Å². The first-order valence-corrected chi connectivity index (χ1v) is 6.69. The molecule has 0 saturated carbocycles. The Labute approximate surface area is 119 Å². The minimum Gasteiger partial charge on any atom is -0.350 e. The van der Waals surface area contributed by atoms with E-state index in [4.69, 9.17) is 23.2 Å². The maximum absolute atomic E-state index is 11.8. The van der Waals surface area contributed by atoms with Crippen LogP contribution in [-0.2, 0) is 4.79 Å². The van der Waals surface area contributed by atoms with Gasteiger partial charge in [0.05, 0.1) is 6.04 Å². The van der Waals surface area contributed by atoms with Gasteiger partial charge in [0.15, 0.2) is 0 Å². The van der Waals surface area contributed by atoms with Crippen molar-refractivity contribution in [1.29, 1.82) is 0 Å². The van der Waals surface area contributed by atoms with Crippen molar-refractivity contribution in [2.75, 3.05) is 0 Å². The molecule has 4 heteroatoms. The minimum atomic E-state index is -0.121. The highest BCUT2D eigenvalue weighted by molar-refractivity contribution is 6.35. The van der Waals surface area contributed by atoms with Gasteiger partial charge in [-0.25, -0.2) is 0 Å². The molecule has 0 aliphatic heterocycles. The maximum atomic E-state index is 11.8. The molecule has 0 saturated heterocycles. The first kappa shape index (κ1) is 15.3. The molecule has 0 heterocycles. The van der Waals surface area contributed by atoms with Gasteiger partial charge in [0.25, 0.3) is 0 Å². The van der Waals surface area contributed by atoms with Crippen LogP contribution in [0.4, 0.5) is 0 Å². The van der Waals surface area contributed by atoms with E-state index in [2.05, 4.69) is 5.32 Å². The molecule has 0 radical (unpaired) electrons. The molecule has 0 fully saturated rings. The number of nitrogens with one attached hydrogen (secondary N) is 1. The first-order chi connectivity index (χ1) is 8.19. The zero-order chi connectivity index (χ0) is 13.9. The van der Waals surface area contributed by atoms with Gasteiger partial charge in [-0.05, 0) is 30.0 Å². The fourth-order valence-electron chi connectivity index (χ4n) is 1.70. The SMILES string of the molecule is CC(NC(=O)CC(C)(C)C)c1ccc(Cl)cc1Cl. The molecule has 1 atom stereocenters. The van der Waals surface area contributed by atoms with E-state index < -0.39 is 0 Å². The van der Waals surface area contributed by atoms with E-state index in [1.54, 1.807) is 12.1 Å². The van der Waals surface area contributed by atoms with Gasteiger partial charge < -0.3 is 5.32 Å². The number of carbonyl (C=O) groups excluding carboxylic acids is 1. The summed E-state index contributed by atoms with van der Waals surface area (Å²) >= 11 is 11.9. The van der Waals surface area contributed by atoms with Gasteiger partial charge in [-0.15, -0.1) is 0 Å². The van der Waals surface area contributed by atoms with E-state index >= 15 is 0 Å². The molecule has 1 amide bonds. The number of amides is 1. The summed E-state index contributed by atoms with van der Waals surface area (Å²) in [6, 6.07) is 5.18. The van der Waals surface area contributed by atoms with Crippen molar-refractivity contribution < 1.29 is 4.79 Å². The third-order valence-electron chi connectivity index (χ3n) is 2.50. The summed E-state index contributed by atoms with van der Waals surface area (Å²) in [5.41, 5.74) is 0.858. The van der Waals surface area contributed by atoms with Crippen LogP contribution in [-0.4, -0.2) is 5.91 Å². The molecule has 1 N–H and O–H groups in total. The van der Waals surface area contributed by atoms with E-state index in [-0.39, 0.29) is 17.4 Å². The molecular weight excluding hydrogens is 269 g/mol. The van der Waals surface area contributed by atoms with Gasteiger partial charge in [-0.3, -0.25) is 4.79 Å². The lowest BCUT2D eigenvalue weighted by atomic mass is 9.91. The second kappa shape index (κ2) is 5.94. The van der Waals surface area contributed by atoms with Crippen LogP contribution in [0.15, 0.2) is 18.2 Å². The first-order valence-electron chi connectivity index (χ1n) is 5.93. The average molecular weight is 288 g/mol. The largest absolute Gasteiger partial charge is 0.350 e. The predicted molar refractivity (Wildman–Crippen MR) is 77.1 cm³/mol. The van der Waals surface area contributed by atoms with E-state index in [9.17, 15) is 4.79 Å². The minimum absolute atomic E-state index is 0.0202. The van der Waals surface area contributed by atoms with Crippen LogP contribution in [0, 0.1) is 5.41 Å². The number of carbonyl (C=O) groups is 1. The molecule has 2 nitrogen and oxygen atoms in total. The fourth-order valence-corrected chi connectivity index (χ4v) is 2.28.